The van der Waals surface area contributed by atoms with E-state index < -0.39 is 0 Å². The molecule has 5 aromatic rings. The van der Waals surface area contributed by atoms with Gasteiger partial charge in [-0.2, -0.15) is 0 Å². The van der Waals surface area contributed by atoms with Crippen LogP contribution in [0.25, 0.3) is 44.3 Å². The molecule has 2 aromatic heterocycles. The molecule has 2 aliphatic rings. The maximum absolute atomic E-state index is 6.70. The quantitative estimate of drug-likeness (QED) is 0.264. The summed E-state index contributed by atoms with van der Waals surface area (Å²) >= 11 is 0. The molecule has 1 fully saturated rings. The van der Waals surface area contributed by atoms with Crippen LogP contribution in [0.1, 0.15) is 73.3 Å². The molecule has 2 nitrogen and oxygen atoms in total. The molecule has 2 aliphatic carbocycles. The van der Waals surface area contributed by atoms with Gasteiger partial charge in [-0.05, 0) is 89.8 Å². The summed E-state index contributed by atoms with van der Waals surface area (Å²) in [6.07, 6.45) is 7.11. The van der Waals surface area contributed by atoms with E-state index in [-0.39, 0.29) is 5.41 Å². The van der Waals surface area contributed by atoms with Gasteiger partial charge < -0.3 is 4.42 Å². The molecule has 1 saturated carbocycles. The van der Waals surface area contributed by atoms with Crippen LogP contribution < -0.4 is 0 Å². The van der Waals surface area contributed by atoms with Crippen molar-refractivity contribution in [2.75, 3.05) is 0 Å². The van der Waals surface area contributed by atoms with Gasteiger partial charge in [-0.15, -0.1) is 0 Å². The lowest BCUT2D eigenvalue weighted by atomic mass is 9.76. The predicted octanol–water partition coefficient (Wildman–Crippen LogP) is 9.23. The van der Waals surface area contributed by atoms with Gasteiger partial charge in [-0.3, -0.25) is 4.98 Å². The lowest BCUT2D eigenvalue weighted by Crippen LogP contribution is -2.20. The first-order valence-electron chi connectivity index (χ1n) is 13.0. The molecular weight excluding hydrogens is 426 g/mol. The first kappa shape index (κ1) is 20.9. The molecule has 0 bridgehead atoms. The van der Waals surface area contributed by atoms with Crippen LogP contribution in [0.5, 0.6) is 0 Å². The lowest BCUT2D eigenvalue weighted by molar-refractivity contribution is 0.550. The average molecular weight is 458 g/mol. The van der Waals surface area contributed by atoms with Crippen molar-refractivity contribution >= 4 is 21.9 Å². The molecular formula is C33H31NO. The van der Waals surface area contributed by atoms with Crippen molar-refractivity contribution in [1.82, 2.24) is 4.98 Å². The zero-order chi connectivity index (χ0) is 23.9. The molecule has 0 unspecified atom stereocenters. The zero-order valence-corrected chi connectivity index (χ0v) is 21.0. The monoisotopic (exact) mass is 457 g/mol. The normalized spacial score (nSPS) is 16.0. The van der Waals surface area contributed by atoms with Crippen LogP contribution in [-0.2, 0) is 5.41 Å². The van der Waals surface area contributed by atoms with E-state index in [0.717, 1.165) is 22.4 Å². The maximum atomic E-state index is 6.70. The second kappa shape index (κ2) is 7.31. The van der Waals surface area contributed by atoms with Crippen molar-refractivity contribution in [3.8, 4) is 22.4 Å². The first-order valence-corrected chi connectivity index (χ1v) is 13.0. The third-order valence-electron chi connectivity index (χ3n) is 8.72. The van der Waals surface area contributed by atoms with Gasteiger partial charge in [0.1, 0.15) is 11.2 Å². The molecule has 7 rings (SSSR count). The number of hydrogen-bond donors (Lipinski definition) is 0. The van der Waals surface area contributed by atoms with E-state index in [1.165, 1.54) is 75.4 Å². The van der Waals surface area contributed by atoms with E-state index in [9.17, 15) is 0 Å². The molecule has 3 aromatic carbocycles. The number of pyridine rings is 1. The largest absolute Gasteiger partial charge is 0.455 e. The number of aryl methyl sites for hydroxylation is 2. The molecule has 1 spiro atoms. The summed E-state index contributed by atoms with van der Waals surface area (Å²) in [5.74, 6) is 0.456. The number of furan rings is 1. The van der Waals surface area contributed by atoms with E-state index >= 15 is 0 Å². The summed E-state index contributed by atoms with van der Waals surface area (Å²) in [7, 11) is 0. The molecule has 0 aliphatic heterocycles. The maximum Gasteiger partial charge on any atom is 0.145 e. The van der Waals surface area contributed by atoms with Gasteiger partial charge in [0.2, 0.25) is 0 Å². The van der Waals surface area contributed by atoms with Gasteiger partial charge in [0, 0.05) is 27.9 Å². The molecule has 0 saturated heterocycles. The van der Waals surface area contributed by atoms with Crippen LogP contribution in [-0.4, -0.2) is 4.98 Å². The lowest BCUT2D eigenvalue weighted by Gasteiger charge is -2.26. The number of rotatable bonds is 2. The number of hydrogen-bond acceptors (Lipinski definition) is 2. The second-order valence-corrected chi connectivity index (χ2v) is 11.0. The fraction of sp³-hybridized carbons (Fsp3) is 0.303. The smallest absolute Gasteiger partial charge is 0.145 e. The fourth-order valence-electron chi connectivity index (χ4n) is 7.02. The minimum Gasteiger partial charge on any atom is -0.455 e. The average Bonchev–Trinajstić information content (AvgIpc) is 3.55. The predicted molar refractivity (Wildman–Crippen MR) is 145 cm³/mol. The van der Waals surface area contributed by atoms with Crippen LogP contribution in [0.4, 0.5) is 0 Å². The number of aromatic nitrogens is 1. The molecule has 2 heteroatoms. The second-order valence-electron chi connectivity index (χ2n) is 11.0. The summed E-state index contributed by atoms with van der Waals surface area (Å²) in [5, 5.41) is 2.43. The van der Waals surface area contributed by atoms with E-state index in [1.54, 1.807) is 0 Å². The summed E-state index contributed by atoms with van der Waals surface area (Å²) in [6, 6.07) is 20.6. The van der Waals surface area contributed by atoms with Crippen molar-refractivity contribution in [3.63, 3.8) is 0 Å². The Morgan fingerprint density at radius 3 is 2.43 bits per heavy atom. The molecule has 0 amide bonds. The summed E-state index contributed by atoms with van der Waals surface area (Å²) in [6.45, 7) is 8.82. The minimum absolute atomic E-state index is 0.169. The summed E-state index contributed by atoms with van der Waals surface area (Å²) in [5.41, 5.74) is 13.8. The third kappa shape index (κ3) is 2.80. The van der Waals surface area contributed by atoms with Crippen LogP contribution in [0.3, 0.4) is 0 Å². The Balaban J connectivity index is 1.51. The van der Waals surface area contributed by atoms with Gasteiger partial charge in [-0.25, -0.2) is 0 Å². The van der Waals surface area contributed by atoms with Crippen molar-refractivity contribution in [2.24, 2.45) is 0 Å². The Morgan fingerprint density at radius 1 is 0.829 bits per heavy atom. The summed E-state index contributed by atoms with van der Waals surface area (Å²) in [4.78, 5) is 4.86. The van der Waals surface area contributed by atoms with E-state index in [4.69, 9.17) is 9.40 Å². The topological polar surface area (TPSA) is 26.0 Å². The Kier molecular flexibility index (Phi) is 4.37. The molecule has 174 valence electrons. The van der Waals surface area contributed by atoms with E-state index in [1.807, 2.05) is 6.20 Å². The van der Waals surface area contributed by atoms with E-state index in [0.29, 0.717) is 5.92 Å². The van der Waals surface area contributed by atoms with Crippen LogP contribution in [0.15, 0.2) is 65.2 Å². The Bertz CT molecular complexity index is 1650. The van der Waals surface area contributed by atoms with Crippen molar-refractivity contribution < 1.29 is 4.42 Å². The molecule has 0 radical (unpaired) electrons. The van der Waals surface area contributed by atoms with Crippen LogP contribution in [0, 0.1) is 13.8 Å². The molecule has 0 N–H and O–H groups in total. The number of benzene rings is 3. The fourth-order valence-corrected chi connectivity index (χ4v) is 7.02. The van der Waals surface area contributed by atoms with Crippen molar-refractivity contribution in [1.29, 1.82) is 0 Å². The third-order valence-corrected chi connectivity index (χ3v) is 8.72. The summed E-state index contributed by atoms with van der Waals surface area (Å²) < 4.78 is 6.70. The van der Waals surface area contributed by atoms with Gasteiger partial charge >= 0.3 is 0 Å². The highest BCUT2D eigenvalue weighted by atomic mass is 16.3. The Morgan fingerprint density at radius 2 is 1.63 bits per heavy atom. The van der Waals surface area contributed by atoms with Gasteiger partial charge in [-0.1, -0.05) is 63.1 Å². The Hall–Kier alpha value is -3.39. The molecule has 0 atom stereocenters. The van der Waals surface area contributed by atoms with Crippen molar-refractivity contribution in [3.05, 3.63) is 88.6 Å². The van der Waals surface area contributed by atoms with Gasteiger partial charge in [0.25, 0.3) is 0 Å². The highest BCUT2D eigenvalue weighted by Crippen LogP contribution is 2.58. The Labute approximate surface area is 207 Å². The van der Waals surface area contributed by atoms with Gasteiger partial charge in [0.05, 0.1) is 5.69 Å². The van der Waals surface area contributed by atoms with Crippen LogP contribution in [0.2, 0.25) is 0 Å². The zero-order valence-electron chi connectivity index (χ0n) is 21.0. The molecule has 35 heavy (non-hydrogen) atoms. The minimum atomic E-state index is 0.169. The highest BCUT2D eigenvalue weighted by Gasteiger charge is 2.45. The van der Waals surface area contributed by atoms with Gasteiger partial charge in [0.15, 0.2) is 0 Å². The standard InChI is InChI=1S/C33H31NO/c1-19(2)24-16-29(34-18-21(24)4)31-20(3)11-12-23-26-15-28-25(17-30(26)35-32(23)31)22-9-5-6-10-27(22)33(28)13-7-8-14-33/h5-6,9-12,15-19H,7-8,13-14H2,1-4H3. The SMILES string of the molecule is Cc1cnc(-c2c(C)ccc3c2oc2cc4c(cc23)C2(CCCC2)c2ccccc2-4)cc1C(C)C. The number of nitrogens with zero attached hydrogens (tertiary/aromatic N) is 1. The highest BCUT2D eigenvalue weighted by molar-refractivity contribution is 6.11. The number of fused-ring (bicyclic) bond motifs is 8. The van der Waals surface area contributed by atoms with Crippen LogP contribution >= 0.6 is 0 Å². The molecule has 2 heterocycles. The first-order chi connectivity index (χ1) is 17.0. The van der Waals surface area contributed by atoms with E-state index in [2.05, 4.69) is 82.3 Å². The van der Waals surface area contributed by atoms with Crippen molar-refractivity contribution in [2.45, 2.75) is 64.7 Å².